The van der Waals surface area contributed by atoms with Gasteiger partial charge in [-0.25, -0.2) is 8.98 Å². The summed E-state index contributed by atoms with van der Waals surface area (Å²) in [6.07, 6.45) is -61.1. The molecule has 82 heavy (non-hydrogen) atoms. The predicted octanol–water partition coefficient (Wildman–Crippen LogP) is -13.8. The summed E-state index contributed by atoms with van der Waals surface area (Å²) < 4.78 is 101. The van der Waals surface area contributed by atoms with Crippen molar-refractivity contribution in [3.8, 4) is 0 Å². The second-order valence-corrected chi connectivity index (χ2v) is 21.3. The summed E-state index contributed by atoms with van der Waals surface area (Å²) in [5.41, 5.74) is 0. The SMILES string of the molecule is CC(=O)N[C@H]1[C@H](O[C@H]2[C@@H](O)[C@@H](CO)O[C@@H](O[C@H]3[C@H](O)[C@@H](O)[C@H](O)O[C@@H]3CO)[C@@H]2O)O[C@H](CO)[C@@H](O[C@@H]2O[C@H](COS(=O)(=O)O)[C@H](O)[C@H](O[C@]3(C(=O)O)C[C@H](O)[C@@H](NC(C)=O)[C@H]([C@H](O)[C@H](O)CO)O3)[C@H]2O)[C@@H]1O[C@@H]1O[C@@H](C)[C@@H](O)[C@@H](O)[C@@H]1O. The van der Waals surface area contributed by atoms with Gasteiger partial charge < -0.3 is 155 Å². The summed E-state index contributed by atoms with van der Waals surface area (Å²) in [6, 6.07) is -3.82. The van der Waals surface area contributed by atoms with Crippen LogP contribution in [0.3, 0.4) is 0 Å². The number of aliphatic hydroxyl groups excluding tert-OH is 17. The molecule has 6 aliphatic rings. The van der Waals surface area contributed by atoms with E-state index >= 15 is 0 Å². The number of amides is 2. The van der Waals surface area contributed by atoms with Crippen LogP contribution in [0.2, 0.25) is 0 Å². The molecule has 38 nitrogen and oxygen atoms in total. The maximum absolute atomic E-state index is 13.3. The van der Waals surface area contributed by atoms with E-state index in [-0.39, 0.29) is 0 Å². The van der Waals surface area contributed by atoms with Crippen LogP contribution in [0.4, 0.5) is 0 Å². The Kier molecular flexibility index (Phi) is 23.6. The molecule has 0 aromatic carbocycles. The van der Waals surface area contributed by atoms with E-state index in [0.717, 1.165) is 13.8 Å². The van der Waals surface area contributed by atoms with Crippen LogP contribution in [0, 0.1) is 0 Å². The Hall–Kier alpha value is -2.84. The minimum atomic E-state index is -5.46. The number of carboxylic acid groups (broad SMARTS) is 1. The van der Waals surface area contributed by atoms with Gasteiger partial charge in [0.15, 0.2) is 31.5 Å². The van der Waals surface area contributed by atoms with Crippen molar-refractivity contribution in [3.05, 3.63) is 0 Å². The molecule has 0 aromatic rings. The van der Waals surface area contributed by atoms with Crippen LogP contribution in [-0.2, 0) is 81.1 Å². The van der Waals surface area contributed by atoms with Gasteiger partial charge in [0.1, 0.15) is 134 Å². The molecule has 2 amide bonds. The summed E-state index contributed by atoms with van der Waals surface area (Å²) in [6.45, 7) is -2.98. The van der Waals surface area contributed by atoms with Gasteiger partial charge in [0.05, 0.1) is 51.3 Å². The molecule has 0 aromatic heterocycles. The topological polar surface area (TPSA) is 605 Å². The smallest absolute Gasteiger partial charge is 0.397 e. The maximum atomic E-state index is 13.3. The molecule has 0 aliphatic carbocycles. The average Bonchev–Trinajstić information content (AvgIpc) is 1.96. The highest BCUT2D eigenvalue weighted by molar-refractivity contribution is 7.80. The molecule has 0 spiro atoms. The molecule has 6 rings (SSSR count). The number of ether oxygens (including phenoxy) is 11. The second kappa shape index (κ2) is 28.3. The molecular formula is C43H72N2O36S. The number of hydrogen-bond acceptors (Lipinski definition) is 34. The Morgan fingerprint density at radius 3 is 1.63 bits per heavy atom. The van der Waals surface area contributed by atoms with Crippen LogP contribution in [-0.4, -0.2) is 345 Å². The zero-order valence-corrected chi connectivity index (χ0v) is 44.2. The van der Waals surface area contributed by atoms with E-state index in [4.69, 9.17) is 52.1 Å². The highest BCUT2D eigenvalue weighted by atomic mass is 32.3. The predicted molar refractivity (Wildman–Crippen MR) is 249 cm³/mol. The minimum Gasteiger partial charge on any atom is -0.477 e. The van der Waals surface area contributed by atoms with Crippen LogP contribution < -0.4 is 10.6 Å². The summed E-state index contributed by atoms with van der Waals surface area (Å²) in [7, 11) is -5.46. The van der Waals surface area contributed by atoms with Crippen molar-refractivity contribution in [2.45, 2.75) is 217 Å². The second-order valence-electron chi connectivity index (χ2n) is 20.2. The van der Waals surface area contributed by atoms with Crippen molar-refractivity contribution < 1.29 is 176 Å². The van der Waals surface area contributed by atoms with Crippen molar-refractivity contribution in [1.29, 1.82) is 0 Å². The quantitative estimate of drug-likeness (QED) is 0.0448. The monoisotopic (exact) mass is 1220 g/mol. The van der Waals surface area contributed by atoms with E-state index in [1.807, 2.05) is 0 Å². The molecule has 0 radical (unpaired) electrons. The first-order valence-electron chi connectivity index (χ1n) is 25.3. The number of carbonyl (C=O) groups excluding carboxylic acids is 2. The Labute approximate surface area is 463 Å². The Balaban J connectivity index is 1.41. The average molecular weight is 1230 g/mol. The van der Waals surface area contributed by atoms with Gasteiger partial charge in [0, 0.05) is 20.3 Å². The third kappa shape index (κ3) is 15.1. The number of aliphatic hydroxyl groups is 17. The van der Waals surface area contributed by atoms with Crippen molar-refractivity contribution in [1.82, 2.24) is 10.6 Å². The fourth-order valence-corrected chi connectivity index (χ4v) is 10.4. The summed E-state index contributed by atoms with van der Waals surface area (Å²) in [5.74, 6) is -7.52. The Morgan fingerprint density at radius 2 is 1.07 bits per heavy atom. The van der Waals surface area contributed by atoms with E-state index in [1.54, 1.807) is 0 Å². The van der Waals surface area contributed by atoms with E-state index in [1.165, 1.54) is 6.92 Å². The van der Waals surface area contributed by atoms with Gasteiger partial charge in [-0.2, -0.15) is 8.42 Å². The normalized spacial score (nSPS) is 46.5. The van der Waals surface area contributed by atoms with E-state index in [2.05, 4.69) is 14.8 Å². The van der Waals surface area contributed by atoms with Crippen LogP contribution in [0.5, 0.6) is 0 Å². The molecule has 6 heterocycles. The Bertz CT molecular complexity index is 2210. The molecule has 0 saturated carbocycles. The van der Waals surface area contributed by atoms with Crippen LogP contribution in [0.15, 0.2) is 0 Å². The number of hydrogen-bond donors (Lipinski definition) is 21. The fourth-order valence-electron chi connectivity index (χ4n) is 10.1. The lowest BCUT2D eigenvalue weighted by molar-refractivity contribution is -0.399. The highest BCUT2D eigenvalue weighted by Gasteiger charge is 2.62. The fraction of sp³-hybridized carbons (Fsp3) is 0.930. The van der Waals surface area contributed by atoms with Crippen molar-refractivity contribution >= 4 is 28.2 Å². The van der Waals surface area contributed by atoms with Gasteiger partial charge in [-0.3, -0.25) is 14.1 Å². The number of aliphatic carboxylic acids is 1. The number of rotatable bonds is 22. The van der Waals surface area contributed by atoms with Gasteiger partial charge in [0.25, 0.3) is 5.79 Å². The lowest BCUT2D eigenvalue weighted by Crippen LogP contribution is -2.72. The van der Waals surface area contributed by atoms with Crippen LogP contribution in [0.25, 0.3) is 0 Å². The Morgan fingerprint density at radius 1 is 0.573 bits per heavy atom. The summed E-state index contributed by atoms with van der Waals surface area (Å²) in [4.78, 5) is 38.6. The molecule has 21 N–H and O–H groups in total. The van der Waals surface area contributed by atoms with Crippen LogP contribution in [0.1, 0.15) is 27.2 Å². The van der Waals surface area contributed by atoms with Gasteiger partial charge in [-0.15, -0.1) is 0 Å². The van der Waals surface area contributed by atoms with Gasteiger partial charge >= 0.3 is 16.4 Å². The van der Waals surface area contributed by atoms with Crippen molar-refractivity contribution in [2.75, 3.05) is 33.0 Å². The molecule has 39 heteroatoms. The van der Waals surface area contributed by atoms with Crippen LogP contribution >= 0.6 is 0 Å². The van der Waals surface area contributed by atoms with Gasteiger partial charge in [-0.05, 0) is 6.92 Å². The van der Waals surface area contributed by atoms with Crippen molar-refractivity contribution in [3.63, 3.8) is 0 Å². The third-order valence-electron chi connectivity index (χ3n) is 14.4. The van der Waals surface area contributed by atoms with Crippen molar-refractivity contribution in [2.24, 2.45) is 0 Å². The number of carboxylic acids is 1. The molecule has 6 saturated heterocycles. The number of carbonyl (C=O) groups is 3. The lowest BCUT2D eigenvalue weighted by atomic mass is 9.88. The maximum Gasteiger partial charge on any atom is 0.397 e. The molecule has 6 aliphatic heterocycles. The molecule has 476 valence electrons. The highest BCUT2D eigenvalue weighted by Crippen LogP contribution is 2.41. The molecular weight excluding hydrogens is 1150 g/mol. The third-order valence-corrected chi connectivity index (χ3v) is 14.8. The minimum absolute atomic E-state index is 0.895. The molecule has 6 fully saturated rings. The zero-order valence-electron chi connectivity index (χ0n) is 43.4. The van der Waals surface area contributed by atoms with Gasteiger partial charge in [0.2, 0.25) is 11.8 Å². The number of nitrogens with one attached hydrogen (secondary N) is 2. The molecule has 31 atom stereocenters. The first-order chi connectivity index (χ1) is 38.3. The van der Waals surface area contributed by atoms with Gasteiger partial charge in [-0.1, -0.05) is 0 Å². The standard InChI is InChI=1S/C43H72N2O36S/c1-10-21(54)25(58)28(61)39(71-10)78-34-20(45-12(3)51)38(79-35-23(56)15(6-47)73-40(29(35)62)76-31-16(7-48)72-37(64)27(60)26(31)59)74-17(8-49)32(34)77-41-30(63)36(24(57)18(75-41)9-70-82(67,68)69)81-43(42(65)66)4-13(52)19(44-11(2)50)33(80-43)22(55)14(53)5-46/h10,13-41,46-49,52-64H,4-9H2,1-3H3,(H,44,50)(H,45,51)(H,65,66)(H,67,68,69)/t10-,13-,14+,15+,16+,17+,18+,19+,20+,21+,22+,23-,24-,25+,26+,27+,28-,29+,30+,31+,32+,33+,34+,35-,36-,37+,38-,39-,40-,41-,43-/m0/s1. The zero-order chi connectivity index (χ0) is 61.2. The van der Waals surface area contributed by atoms with E-state index in [0.29, 0.717) is 0 Å². The summed E-state index contributed by atoms with van der Waals surface area (Å²) in [5, 5.41) is 199. The molecule has 0 bridgehead atoms. The summed E-state index contributed by atoms with van der Waals surface area (Å²) >= 11 is 0. The first-order valence-corrected chi connectivity index (χ1v) is 26.6. The molecule has 0 unspecified atom stereocenters. The lowest BCUT2D eigenvalue weighted by Gasteiger charge is -2.52. The first kappa shape index (κ1) is 68.3. The van der Waals surface area contributed by atoms with E-state index < -0.39 is 257 Å². The van der Waals surface area contributed by atoms with E-state index in [9.17, 15) is 119 Å². The largest absolute Gasteiger partial charge is 0.477 e.